The second kappa shape index (κ2) is 10.6. The fraction of sp³-hybridized carbons (Fsp3) is 0.120. The summed E-state index contributed by atoms with van der Waals surface area (Å²) in [5.74, 6) is -0.237. The number of nitrogens with zero attached hydrogens (tertiary/aromatic N) is 1. The van der Waals surface area contributed by atoms with Crippen LogP contribution < -0.4 is 10.1 Å². The third-order valence-electron chi connectivity index (χ3n) is 4.60. The van der Waals surface area contributed by atoms with Gasteiger partial charge >= 0.3 is 0 Å². The highest BCUT2D eigenvalue weighted by atomic mass is 35.5. The number of carbonyl (C=O) groups is 1. The molecule has 0 spiro atoms. The summed E-state index contributed by atoms with van der Waals surface area (Å²) >= 11 is 18.5. The van der Waals surface area contributed by atoms with Crippen LogP contribution in [0.15, 0.2) is 60.2 Å². The van der Waals surface area contributed by atoms with E-state index in [1.54, 1.807) is 24.3 Å². The van der Waals surface area contributed by atoms with Gasteiger partial charge in [0, 0.05) is 21.3 Å². The number of hydrogen-bond donors (Lipinski definition) is 1. The first kappa shape index (κ1) is 23.7. The molecule has 0 radical (unpaired) electrons. The molecule has 162 valence electrons. The number of aryl methyl sites for hydroxylation is 2. The highest BCUT2D eigenvalue weighted by molar-refractivity contribution is 6.36. The monoisotopic (exact) mass is 484 g/mol. The van der Waals surface area contributed by atoms with Gasteiger partial charge in [-0.05, 0) is 61.4 Å². The number of nitriles is 1. The van der Waals surface area contributed by atoms with Crippen LogP contribution in [-0.4, -0.2) is 5.91 Å². The summed E-state index contributed by atoms with van der Waals surface area (Å²) in [5.41, 5.74) is 3.74. The highest BCUT2D eigenvalue weighted by Crippen LogP contribution is 2.35. The van der Waals surface area contributed by atoms with Gasteiger partial charge in [-0.25, -0.2) is 0 Å². The molecule has 1 N–H and O–H groups in total. The second-order valence-corrected chi connectivity index (χ2v) is 8.45. The van der Waals surface area contributed by atoms with E-state index in [1.807, 2.05) is 44.2 Å². The van der Waals surface area contributed by atoms with Crippen LogP contribution in [-0.2, 0) is 11.4 Å². The van der Waals surface area contributed by atoms with E-state index < -0.39 is 5.91 Å². The standard InChI is InChI=1S/C25H19Cl3N2O2/c1-15-6-7-23(16(2)8-15)30-25(31)19(13-29)10-18-11-21(27)12-22(28)24(18)32-14-17-4-3-5-20(26)9-17/h3-12H,14H2,1-2H3,(H,30,31)/b19-10+. The van der Waals surface area contributed by atoms with Crippen LogP contribution in [0.1, 0.15) is 22.3 Å². The van der Waals surface area contributed by atoms with Crippen LogP contribution in [0.3, 0.4) is 0 Å². The summed E-state index contributed by atoms with van der Waals surface area (Å²) in [6.45, 7) is 4.04. The summed E-state index contributed by atoms with van der Waals surface area (Å²) < 4.78 is 5.90. The van der Waals surface area contributed by atoms with E-state index in [4.69, 9.17) is 39.5 Å². The molecule has 0 aliphatic carbocycles. The van der Waals surface area contributed by atoms with Crippen molar-refractivity contribution < 1.29 is 9.53 Å². The van der Waals surface area contributed by atoms with Crippen molar-refractivity contribution in [1.82, 2.24) is 0 Å². The van der Waals surface area contributed by atoms with E-state index in [9.17, 15) is 10.1 Å². The minimum absolute atomic E-state index is 0.115. The summed E-state index contributed by atoms with van der Waals surface area (Å²) in [5, 5.41) is 13.6. The maximum absolute atomic E-state index is 12.8. The fourth-order valence-corrected chi connectivity index (χ4v) is 3.85. The molecule has 0 aromatic heterocycles. The number of benzene rings is 3. The molecule has 0 unspecified atom stereocenters. The van der Waals surface area contributed by atoms with Crippen molar-refractivity contribution >= 4 is 52.5 Å². The minimum Gasteiger partial charge on any atom is -0.487 e. The van der Waals surface area contributed by atoms with Crippen molar-refractivity contribution in [3.8, 4) is 11.8 Å². The van der Waals surface area contributed by atoms with E-state index in [1.165, 1.54) is 12.1 Å². The Hall–Kier alpha value is -2.97. The van der Waals surface area contributed by atoms with Gasteiger partial charge in [-0.15, -0.1) is 0 Å². The van der Waals surface area contributed by atoms with Crippen molar-refractivity contribution in [1.29, 1.82) is 5.26 Å². The number of amides is 1. The Labute approximate surface area is 202 Å². The SMILES string of the molecule is Cc1ccc(NC(=O)/C(C#N)=C/c2cc(Cl)cc(Cl)c2OCc2cccc(Cl)c2)c(C)c1. The van der Waals surface area contributed by atoms with Gasteiger partial charge < -0.3 is 10.1 Å². The van der Waals surface area contributed by atoms with Crippen LogP contribution in [0.2, 0.25) is 15.1 Å². The van der Waals surface area contributed by atoms with Crippen molar-refractivity contribution in [3.63, 3.8) is 0 Å². The molecule has 0 atom stereocenters. The molecule has 0 saturated carbocycles. The van der Waals surface area contributed by atoms with Crippen molar-refractivity contribution in [2.45, 2.75) is 20.5 Å². The van der Waals surface area contributed by atoms with Gasteiger partial charge in [0.1, 0.15) is 24.0 Å². The first-order valence-electron chi connectivity index (χ1n) is 9.63. The van der Waals surface area contributed by atoms with E-state index >= 15 is 0 Å². The van der Waals surface area contributed by atoms with Gasteiger partial charge in [-0.2, -0.15) is 5.26 Å². The minimum atomic E-state index is -0.545. The van der Waals surface area contributed by atoms with Gasteiger partial charge in [0.2, 0.25) is 0 Å². The lowest BCUT2D eigenvalue weighted by Gasteiger charge is -2.13. The first-order chi connectivity index (χ1) is 15.3. The summed E-state index contributed by atoms with van der Waals surface area (Å²) in [6, 6.07) is 17.9. The quantitative estimate of drug-likeness (QED) is 0.292. The number of carbonyl (C=O) groups excluding carboxylic acids is 1. The number of rotatable bonds is 6. The molecule has 7 heteroatoms. The molecule has 0 saturated heterocycles. The predicted molar refractivity (Wildman–Crippen MR) is 130 cm³/mol. The molecule has 3 aromatic carbocycles. The molecular weight excluding hydrogens is 467 g/mol. The molecule has 1 amide bonds. The van der Waals surface area contributed by atoms with Crippen LogP contribution >= 0.6 is 34.8 Å². The lowest BCUT2D eigenvalue weighted by Crippen LogP contribution is -2.14. The molecule has 3 aromatic rings. The zero-order valence-electron chi connectivity index (χ0n) is 17.4. The number of ether oxygens (including phenoxy) is 1. The number of nitrogens with one attached hydrogen (secondary N) is 1. The Morgan fingerprint density at radius 3 is 2.53 bits per heavy atom. The van der Waals surface area contributed by atoms with Crippen LogP contribution in [0.4, 0.5) is 5.69 Å². The maximum Gasteiger partial charge on any atom is 0.266 e. The molecule has 0 heterocycles. The Balaban J connectivity index is 1.90. The summed E-state index contributed by atoms with van der Waals surface area (Å²) in [6.07, 6.45) is 1.41. The normalized spacial score (nSPS) is 11.1. The Bertz CT molecular complexity index is 1250. The lowest BCUT2D eigenvalue weighted by atomic mass is 10.1. The van der Waals surface area contributed by atoms with E-state index in [2.05, 4.69) is 5.32 Å². The predicted octanol–water partition coefficient (Wildman–Crippen LogP) is 7.39. The van der Waals surface area contributed by atoms with E-state index in [0.717, 1.165) is 16.7 Å². The van der Waals surface area contributed by atoms with Gasteiger partial charge in [0.25, 0.3) is 5.91 Å². The molecule has 0 aliphatic heterocycles. The Morgan fingerprint density at radius 2 is 1.84 bits per heavy atom. The molecule has 4 nitrogen and oxygen atoms in total. The smallest absolute Gasteiger partial charge is 0.266 e. The van der Waals surface area contributed by atoms with Crippen molar-refractivity contribution in [2.24, 2.45) is 0 Å². The number of halogens is 3. The zero-order valence-corrected chi connectivity index (χ0v) is 19.6. The van der Waals surface area contributed by atoms with Crippen LogP contribution in [0.5, 0.6) is 5.75 Å². The van der Waals surface area contributed by atoms with E-state index in [0.29, 0.717) is 27.0 Å². The average molecular weight is 486 g/mol. The van der Waals surface area contributed by atoms with Crippen molar-refractivity contribution in [3.05, 3.63) is 97.5 Å². The fourth-order valence-electron chi connectivity index (χ4n) is 3.07. The third-order valence-corrected chi connectivity index (χ3v) is 5.34. The van der Waals surface area contributed by atoms with Crippen LogP contribution in [0, 0.1) is 25.2 Å². The molecule has 32 heavy (non-hydrogen) atoms. The lowest BCUT2D eigenvalue weighted by molar-refractivity contribution is -0.112. The van der Waals surface area contributed by atoms with Crippen LogP contribution in [0.25, 0.3) is 6.08 Å². The Morgan fingerprint density at radius 1 is 1.06 bits per heavy atom. The van der Waals surface area contributed by atoms with Gasteiger partial charge in [0.05, 0.1) is 5.02 Å². The summed E-state index contributed by atoms with van der Waals surface area (Å²) in [7, 11) is 0. The average Bonchev–Trinajstić information content (AvgIpc) is 2.73. The number of anilines is 1. The van der Waals surface area contributed by atoms with Gasteiger partial charge in [-0.1, -0.05) is 64.6 Å². The molecular formula is C25H19Cl3N2O2. The van der Waals surface area contributed by atoms with Gasteiger partial charge in [0.15, 0.2) is 0 Å². The van der Waals surface area contributed by atoms with E-state index in [-0.39, 0.29) is 17.2 Å². The maximum atomic E-state index is 12.8. The van der Waals surface area contributed by atoms with Gasteiger partial charge in [-0.3, -0.25) is 4.79 Å². The molecule has 0 bridgehead atoms. The number of hydrogen-bond acceptors (Lipinski definition) is 3. The molecule has 3 rings (SSSR count). The first-order valence-corrected chi connectivity index (χ1v) is 10.8. The molecule has 0 aliphatic rings. The third kappa shape index (κ3) is 6.05. The molecule has 0 fully saturated rings. The largest absolute Gasteiger partial charge is 0.487 e. The highest BCUT2D eigenvalue weighted by Gasteiger charge is 2.15. The topological polar surface area (TPSA) is 62.1 Å². The Kier molecular flexibility index (Phi) is 7.82. The van der Waals surface area contributed by atoms with Crippen molar-refractivity contribution in [2.75, 3.05) is 5.32 Å². The summed E-state index contributed by atoms with van der Waals surface area (Å²) in [4.78, 5) is 12.8. The second-order valence-electron chi connectivity index (χ2n) is 7.17. The zero-order chi connectivity index (χ0) is 23.3.